The number of carbonyl (C=O) groups is 1. The first-order valence-corrected chi connectivity index (χ1v) is 10.6. The highest BCUT2D eigenvalue weighted by molar-refractivity contribution is 7.99. The summed E-state index contributed by atoms with van der Waals surface area (Å²) in [7, 11) is 1.94. The Labute approximate surface area is 173 Å². The van der Waals surface area contributed by atoms with Gasteiger partial charge in [-0.05, 0) is 18.6 Å². The van der Waals surface area contributed by atoms with E-state index in [1.807, 2.05) is 54.1 Å². The van der Waals surface area contributed by atoms with Crippen LogP contribution in [-0.4, -0.2) is 31.0 Å². The molecule has 148 valence electrons. The van der Waals surface area contributed by atoms with Crippen LogP contribution in [0.3, 0.4) is 0 Å². The first-order chi connectivity index (χ1) is 14.2. The Bertz CT molecular complexity index is 1130. The highest BCUT2D eigenvalue weighted by atomic mass is 32.2. The molecular formula is C22H23N5OS. The Morgan fingerprint density at radius 3 is 2.62 bits per heavy atom. The number of benzene rings is 2. The van der Waals surface area contributed by atoms with Gasteiger partial charge in [0.25, 0.3) is 0 Å². The molecule has 0 unspecified atom stereocenters. The van der Waals surface area contributed by atoms with Gasteiger partial charge in [0, 0.05) is 42.8 Å². The number of carbonyl (C=O) groups excluding carboxylic acids is 1. The van der Waals surface area contributed by atoms with E-state index in [0.717, 1.165) is 34.0 Å². The van der Waals surface area contributed by atoms with Crippen molar-refractivity contribution >= 4 is 28.6 Å². The summed E-state index contributed by atoms with van der Waals surface area (Å²) in [4.78, 5) is 12.2. The Kier molecular flexibility index (Phi) is 5.67. The maximum atomic E-state index is 12.2. The van der Waals surface area contributed by atoms with Crippen LogP contribution in [0.2, 0.25) is 0 Å². The Morgan fingerprint density at radius 1 is 1.07 bits per heavy atom. The molecule has 2 heterocycles. The fourth-order valence-electron chi connectivity index (χ4n) is 3.34. The standard InChI is InChI=1S/C22H23N5OS/c1-3-27-14-18(17-11-7-8-12-19(17)27)21-24-25-22(26(21)2)29-15-20(28)23-13-16-9-5-4-6-10-16/h4-12,14H,3,13,15H2,1-2H3,(H,23,28). The summed E-state index contributed by atoms with van der Waals surface area (Å²) in [5.41, 5.74) is 3.32. The van der Waals surface area contributed by atoms with Crippen LogP contribution < -0.4 is 5.32 Å². The molecule has 0 bridgehead atoms. The van der Waals surface area contributed by atoms with Crippen molar-refractivity contribution in [3.8, 4) is 11.4 Å². The third kappa shape index (κ3) is 4.05. The van der Waals surface area contributed by atoms with E-state index in [4.69, 9.17) is 0 Å². The lowest BCUT2D eigenvalue weighted by atomic mass is 10.1. The predicted molar refractivity (Wildman–Crippen MR) is 117 cm³/mol. The number of aryl methyl sites for hydroxylation is 1. The van der Waals surface area contributed by atoms with Crippen LogP contribution in [-0.2, 0) is 24.9 Å². The molecule has 1 N–H and O–H groups in total. The lowest BCUT2D eigenvalue weighted by molar-refractivity contribution is -0.118. The van der Waals surface area contributed by atoms with Crippen LogP contribution in [0.25, 0.3) is 22.3 Å². The van der Waals surface area contributed by atoms with E-state index in [9.17, 15) is 4.79 Å². The van der Waals surface area contributed by atoms with Gasteiger partial charge in [0.15, 0.2) is 11.0 Å². The van der Waals surface area contributed by atoms with Gasteiger partial charge in [-0.15, -0.1) is 10.2 Å². The van der Waals surface area contributed by atoms with Gasteiger partial charge in [-0.2, -0.15) is 0 Å². The highest BCUT2D eigenvalue weighted by Gasteiger charge is 2.17. The van der Waals surface area contributed by atoms with Crippen LogP contribution >= 0.6 is 11.8 Å². The maximum absolute atomic E-state index is 12.2. The molecule has 0 radical (unpaired) electrons. The molecule has 0 fully saturated rings. The van der Waals surface area contributed by atoms with Gasteiger partial charge in [-0.25, -0.2) is 0 Å². The number of hydrogen-bond donors (Lipinski definition) is 1. The molecule has 0 aliphatic rings. The Hall–Kier alpha value is -3.06. The van der Waals surface area contributed by atoms with Gasteiger partial charge in [0.2, 0.25) is 5.91 Å². The van der Waals surface area contributed by atoms with E-state index in [0.29, 0.717) is 12.3 Å². The molecular weight excluding hydrogens is 382 g/mol. The van der Waals surface area contributed by atoms with Crippen molar-refractivity contribution in [3.63, 3.8) is 0 Å². The monoisotopic (exact) mass is 405 g/mol. The van der Waals surface area contributed by atoms with E-state index >= 15 is 0 Å². The largest absolute Gasteiger partial charge is 0.351 e. The van der Waals surface area contributed by atoms with Crippen molar-refractivity contribution in [2.24, 2.45) is 7.05 Å². The van der Waals surface area contributed by atoms with E-state index < -0.39 is 0 Å². The molecule has 7 heteroatoms. The zero-order valence-corrected chi connectivity index (χ0v) is 17.3. The summed E-state index contributed by atoms with van der Waals surface area (Å²) in [6.45, 7) is 3.55. The molecule has 0 spiro atoms. The summed E-state index contributed by atoms with van der Waals surface area (Å²) >= 11 is 1.39. The van der Waals surface area contributed by atoms with Crippen LogP contribution in [0.4, 0.5) is 0 Å². The number of thioether (sulfide) groups is 1. The van der Waals surface area contributed by atoms with Crippen molar-refractivity contribution in [3.05, 3.63) is 66.4 Å². The lowest BCUT2D eigenvalue weighted by Gasteiger charge is -2.05. The molecule has 2 aromatic heterocycles. The molecule has 0 saturated heterocycles. The minimum absolute atomic E-state index is 0.0222. The molecule has 0 saturated carbocycles. The van der Waals surface area contributed by atoms with Gasteiger partial charge in [0.1, 0.15) is 0 Å². The average Bonchev–Trinajstić information content (AvgIpc) is 3.31. The van der Waals surface area contributed by atoms with Gasteiger partial charge in [-0.1, -0.05) is 60.3 Å². The van der Waals surface area contributed by atoms with Gasteiger partial charge >= 0.3 is 0 Å². The van der Waals surface area contributed by atoms with Crippen molar-refractivity contribution in [1.29, 1.82) is 0 Å². The molecule has 0 atom stereocenters. The van der Waals surface area contributed by atoms with Crippen molar-refractivity contribution in [2.75, 3.05) is 5.75 Å². The van der Waals surface area contributed by atoms with E-state index in [1.165, 1.54) is 17.3 Å². The van der Waals surface area contributed by atoms with Crippen molar-refractivity contribution < 1.29 is 4.79 Å². The number of rotatable bonds is 7. The van der Waals surface area contributed by atoms with Crippen molar-refractivity contribution in [1.82, 2.24) is 24.6 Å². The first kappa shape index (κ1) is 19.3. The molecule has 6 nitrogen and oxygen atoms in total. The zero-order chi connectivity index (χ0) is 20.2. The first-order valence-electron chi connectivity index (χ1n) is 9.58. The number of aromatic nitrogens is 4. The molecule has 2 aromatic carbocycles. The average molecular weight is 406 g/mol. The summed E-state index contributed by atoms with van der Waals surface area (Å²) < 4.78 is 4.17. The van der Waals surface area contributed by atoms with Crippen LogP contribution in [0.15, 0.2) is 66.0 Å². The van der Waals surface area contributed by atoms with Crippen LogP contribution in [0, 0.1) is 0 Å². The second kappa shape index (κ2) is 8.53. The van der Waals surface area contributed by atoms with E-state index in [2.05, 4.69) is 45.3 Å². The van der Waals surface area contributed by atoms with Crippen molar-refractivity contribution in [2.45, 2.75) is 25.2 Å². The quantitative estimate of drug-likeness (QED) is 0.474. The number of nitrogens with zero attached hydrogens (tertiary/aromatic N) is 4. The molecule has 4 rings (SSSR count). The summed E-state index contributed by atoms with van der Waals surface area (Å²) in [5, 5.41) is 13.5. The normalized spacial score (nSPS) is 11.1. The van der Waals surface area contributed by atoms with E-state index in [-0.39, 0.29) is 5.91 Å². The topological polar surface area (TPSA) is 64.7 Å². The summed E-state index contributed by atoms with van der Waals surface area (Å²) in [6, 6.07) is 18.2. The summed E-state index contributed by atoms with van der Waals surface area (Å²) in [5.74, 6) is 1.08. The third-order valence-corrected chi connectivity index (χ3v) is 5.89. The second-order valence-corrected chi connectivity index (χ2v) is 7.70. The number of hydrogen-bond acceptors (Lipinski definition) is 4. The lowest BCUT2D eigenvalue weighted by Crippen LogP contribution is -2.24. The SMILES string of the molecule is CCn1cc(-c2nnc(SCC(=O)NCc3ccccc3)n2C)c2ccccc21. The van der Waals surface area contributed by atoms with Gasteiger partial charge < -0.3 is 14.5 Å². The maximum Gasteiger partial charge on any atom is 0.230 e. The van der Waals surface area contributed by atoms with Crippen LogP contribution in [0.5, 0.6) is 0 Å². The number of amides is 1. The minimum Gasteiger partial charge on any atom is -0.351 e. The highest BCUT2D eigenvalue weighted by Crippen LogP contribution is 2.31. The van der Waals surface area contributed by atoms with E-state index in [1.54, 1.807) is 0 Å². The number of fused-ring (bicyclic) bond motifs is 1. The zero-order valence-electron chi connectivity index (χ0n) is 16.5. The van der Waals surface area contributed by atoms with Gasteiger partial charge in [0.05, 0.1) is 5.75 Å². The fraction of sp³-hybridized carbons (Fsp3) is 0.227. The molecule has 0 aliphatic heterocycles. The number of para-hydroxylation sites is 1. The molecule has 1 amide bonds. The minimum atomic E-state index is -0.0222. The Balaban J connectivity index is 1.46. The molecule has 29 heavy (non-hydrogen) atoms. The number of nitrogens with one attached hydrogen (secondary N) is 1. The Morgan fingerprint density at radius 2 is 1.83 bits per heavy atom. The molecule has 0 aliphatic carbocycles. The second-order valence-electron chi connectivity index (χ2n) is 6.76. The van der Waals surface area contributed by atoms with Crippen LogP contribution in [0.1, 0.15) is 12.5 Å². The third-order valence-electron chi connectivity index (χ3n) is 4.87. The summed E-state index contributed by atoms with van der Waals surface area (Å²) in [6.07, 6.45) is 2.12. The smallest absolute Gasteiger partial charge is 0.230 e. The fourth-order valence-corrected chi connectivity index (χ4v) is 4.08. The van der Waals surface area contributed by atoms with Gasteiger partial charge in [-0.3, -0.25) is 4.79 Å². The molecule has 4 aromatic rings. The predicted octanol–water partition coefficient (Wildman–Crippen LogP) is 3.87.